The Balaban J connectivity index is 1.72. The first kappa shape index (κ1) is 11.4. The van der Waals surface area contributed by atoms with Gasteiger partial charge in [-0.15, -0.1) is 0 Å². The summed E-state index contributed by atoms with van der Waals surface area (Å²) in [4.78, 5) is 2.58. The zero-order chi connectivity index (χ0) is 10.7. The first-order valence-corrected chi connectivity index (χ1v) is 6.41. The lowest BCUT2D eigenvalue weighted by atomic mass is 10.2. The first-order chi connectivity index (χ1) is 7.25. The van der Waals surface area contributed by atoms with E-state index in [0.717, 1.165) is 19.0 Å². The van der Waals surface area contributed by atoms with Crippen LogP contribution in [0.1, 0.15) is 39.0 Å². The van der Waals surface area contributed by atoms with E-state index < -0.39 is 0 Å². The van der Waals surface area contributed by atoms with Gasteiger partial charge in [-0.1, -0.05) is 0 Å². The Morgan fingerprint density at radius 2 is 2.20 bits per heavy atom. The molecule has 3 heteroatoms. The van der Waals surface area contributed by atoms with Crippen molar-refractivity contribution < 1.29 is 5.11 Å². The average Bonchev–Trinajstić information content (AvgIpc) is 2.91. The van der Waals surface area contributed by atoms with Gasteiger partial charge in [-0.3, -0.25) is 4.90 Å². The monoisotopic (exact) mass is 212 g/mol. The molecule has 1 saturated carbocycles. The predicted molar refractivity (Wildman–Crippen MR) is 61.9 cm³/mol. The Hall–Kier alpha value is -0.120. The van der Waals surface area contributed by atoms with Crippen molar-refractivity contribution in [3.05, 3.63) is 0 Å². The smallest absolute Gasteiger partial charge is 0.0524 e. The van der Waals surface area contributed by atoms with E-state index in [9.17, 15) is 5.11 Å². The van der Waals surface area contributed by atoms with E-state index in [1.54, 1.807) is 0 Å². The van der Waals surface area contributed by atoms with E-state index in [4.69, 9.17) is 0 Å². The number of aliphatic hydroxyl groups is 1. The van der Waals surface area contributed by atoms with Gasteiger partial charge in [0.25, 0.3) is 0 Å². The quantitative estimate of drug-likeness (QED) is 0.689. The van der Waals surface area contributed by atoms with E-state index in [1.807, 2.05) is 6.92 Å². The SMILES string of the molecule is CC(O)CCN(CC1CCCN1)C1CC1. The zero-order valence-corrected chi connectivity index (χ0v) is 9.78. The maximum Gasteiger partial charge on any atom is 0.0524 e. The molecule has 0 aromatic carbocycles. The molecule has 1 aliphatic carbocycles. The summed E-state index contributed by atoms with van der Waals surface area (Å²) in [5.74, 6) is 0. The molecule has 0 aromatic rings. The van der Waals surface area contributed by atoms with E-state index in [1.165, 1.54) is 38.8 Å². The second-order valence-corrected chi connectivity index (χ2v) is 5.16. The Labute approximate surface area is 92.8 Å². The lowest BCUT2D eigenvalue weighted by Gasteiger charge is -2.26. The topological polar surface area (TPSA) is 35.5 Å². The van der Waals surface area contributed by atoms with Crippen LogP contribution in [0.25, 0.3) is 0 Å². The van der Waals surface area contributed by atoms with Crippen LogP contribution in [0.5, 0.6) is 0 Å². The molecule has 0 bridgehead atoms. The third-order valence-electron chi connectivity index (χ3n) is 3.51. The summed E-state index contributed by atoms with van der Waals surface area (Å²) in [6, 6.07) is 1.53. The summed E-state index contributed by atoms with van der Waals surface area (Å²) in [5.41, 5.74) is 0. The highest BCUT2D eigenvalue weighted by atomic mass is 16.3. The first-order valence-electron chi connectivity index (χ1n) is 6.41. The number of hydrogen-bond donors (Lipinski definition) is 2. The molecule has 0 aromatic heterocycles. The maximum absolute atomic E-state index is 9.32. The second-order valence-electron chi connectivity index (χ2n) is 5.16. The van der Waals surface area contributed by atoms with Crippen molar-refractivity contribution in [2.45, 2.75) is 57.2 Å². The second kappa shape index (κ2) is 5.28. The van der Waals surface area contributed by atoms with E-state index in [-0.39, 0.29) is 6.10 Å². The van der Waals surface area contributed by atoms with Crippen LogP contribution in [0.3, 0.4) is 0 Å². The van der Waals surface area contributed by atoms with Crippen LogP contribution in [0, 0.1) is 0 Å². The minimum atomic E-state index is -0.150. The molecule has 2 N–H and O–H groups in total. The Morgan fingerprint density at radius 3 is 2.73 bits per heavy atom. The minimum Gasteiger partial charge on any atom is -0.393 e. The molecule has 2 atom stereocenters. The fourth-order valence-electron chi connectivity index (χ4n) is 2.41. The highest BCUT2D eigenvalue weighted by molar-refractivity contribution is 4.88. The number of hydrogen-bond acceptors (Lipinski definition) is 3. The van der Waals surface area contributed by atoms with Gasteiger partial charge in [-0.05, 0) is 45.6 Å². The Bertz CT molecular complexity index is 186. The van der Waals surface area contributed by atoms with Crippen molar-refractivity contribution in [1.29, 1.82) is 0 Å². The van der Waals surface area contributed by atoms with Gasteiger partial charge in [0.2, 0.25) is 0 Å². The summed E-state index contributed by atoms with van der Waals surface area (Å²) in [6.45, 7) is 5.34. The van der Waals surface area contributed by atoms with Crippen LogP contribution in [-0.2, 0) is 0 Å². The molecule has 2 rings (SSSR count). The molecule has 1 aliphatic heterocycles. The third-order valence-corrected chi connectivity index (χ3v) is 3.51. The van der Waals surface area contributed by atoms with Crippen LogP contribution in [0.15, 0.2) is 0 Å². The summed E-state index contributed by atoms with van der Waals surface area (Å²) < 4.78 is 0. The van der Waals surface area contributed by atoms with Crippen LogP contribution in [0.2, 0.25) is 0 Å². The van der Waals surface area contributed by atoms with Gasteiger partial charge >= 0.3 is 0 Å². The molecule has 0 amide bonds. The van der Waals surface area contributed by atoms with Crippen molar-refractivity contribution in [2.75, 3.05) is 19.6 Å². The normalized spacial score (nSPS) is 28.6. The minimum absolute atomic E-state index is 0.150. The van der Waals surface area contributed by atoms with Gasteiger partial charge in [0, 0.05) is 25.2 Å². The molecular formula is C12H24N2O. The van der Waals surface area contributed by atoms with E-state index in [0.29, 0.717) is 6.04 Å². The van der Waals surface area contributed by atoms with Crippen molar-refractivity contribution in [3.8, 4) is 0 Å². The average molecular weight is 212 g/mol. The van der Waals surface area contributed by atoms with Gasteiger partial charge in [0.1, 0.15) is 0 Å². The number of nitrogens with zero attached hydrogens (tertiary/aromatic N) is 1. The van der Waals surface area contributed by atoms with E-state index in [2.05, 4.69) is 10.2 Å². The van der Waals surface area contributed by atoms with Crippen molar-refractivity contribution in [1.82, 2.24) is 10.2 Å². The van der Waals surface area contributed by atoms with Crippen molar-refractivity contribution in [3.63, 3.8) is 0 Å². The standard InChI is InChI=1S/C12H24N2O/c1-10(15)6-8-14(12-4-5-12)9-11-3-2-7-13-11/h10-13,15H,2-9H2,1H3. The number of rotatable bonds is 6. The number of aliphatic hydroxyl groups excluding tert-OH is 1. The fraction of sp³-hybridized carbons (Fsp3) is 1.00. The van der Waals surface area contributed by atoms with Gasteiger partial charge < -0.3 is 10.4 Å². The molecule has 0 radical (unpaired) electrons. The van der Waals surface area contributed by atoms with Crippen LogP contribution in [0.4, 0.5) is 0 Å². The fourth-order valence-corrected chi connectivity index (χ4v) is 2.41. The maximum atomic E-state index is 9.32. The van der Waals surface area contributed by atoms with Gasteiger partial charge in [-0.2, -0.15) is 0 Å². The largest absolute Gasteiger partial charge is 0.393 e. The predicted octanol–water partition coefficient (Wildman–Crippen LogP) is 0.974. The lowest BCUT2D eigenvalue weighted by Crippen LogP contribution is -2.39. The molecular weight excluding hydrogens is 188 g/mol. The molecule has 0 spiro atoms. The Kier molecular flexibility index (Phi) is 4.00. The lowest BCUT2D eigenvalue weighted by molar-refractivity contribution is 0.148. The number of nitrogens with one attached hydrogen (secondary N) is 1. The summed E-state index contributed by atoms with van der Waals surface area (Å²) >= 11 is 0. The van der Waals surface area contributed by atoms with Crippen LogP contribution >= 0.6 is 0 Å². The molecule has 15 heavy (non-hydrogen) atoms. The highest BCUT2D eigenvalue weighted by Gasteiger charge is 2.30. The molecule has 88 valence electrons. The van der Waals surface area contributed by atoms with Gasteiger partial charge in [0.15, 0.2) is 0 Å². The van der Waals surface area contributed by atoms with E-state index >= 15 is 0 Å². The van der Waals surface area contributed by atoms with Gasteiger partial charge in [0.05, 0.1) is 6.10 Å². The summed E-state index contributed by atoms with van der Waals surface area (Å²) in [5, 5.41) is 12.9. The van der Waals surface area contributed by atoms with Crippen LogP contribution < -0.4 is 5.32 Å². The molecule has 1 heterocycles. The Morgan fingerprint density at radius 1 is 1.40 bits per heavy atom. The van der Waals surface area contributed by atoms with Crippen molar-refractivity contribution in [2.24, 2.45) is 0 Å². The summed E-state index contributed by atoms with van der Waals surface area (Å²) in [7, 11) is 0. The molecule has 3 nitrogen and oxygen atoms in total. The highest BCUT2D eigenvalue weighted by Crippen LogP contribution is 2.27. The molecule has 2 aliphatic rings. The zero-order valence-electron chi connectivity index (χ0n) is 9.78. The third kappa shape index (κ3) is 3.74. The van der Waals surface area contributed by atoms with Crippen LogP contribution in [-0.4, -0.2) is 47.8 Å². The molecule has 2 unspecified atom stereocenters. The van der Waals surface area contributed by atoms with Gasteiger partial charge in [-0.25, -0.2) is 0 Å². The van der Waals surface area contributed by atoms with Crippen molar-refractivity contribution >= 4 is 0 Å². The molecule has 1 saturated heterocycles. The summed E-state index contributed by atoms with van der Waals surface area (Å²) in [6.07, 6.45) is 6.17. The molecule has 2 fully saturated rings.